The summed E-state index contributed by atoms with van der Waals surface area (Å²) in [6.07, 6.45) is 5.61. The summed E-state index contributed by atoms with van der Waals surface area (Å²) in [5, 5.41) is 14.5. The summed E-state index contributed by atoms with van der Waals surface area (Å²) in [5.74, 6) is 0. The van der Waals surface area contributed by atoms with Gasteiger partial charge in [0.25, 0.3) is 5.69 Å². The Kier molecular flexibility index (Phi) is 3.72. The van der Waals surface area contributed by atoms with Crippen molar-refractivity contribution in [1.82, 2.24) is 5.32 Å². The zero-order valence-corrected chi connectivity index (χ0v) is 11.5. The van der Waals surface area contributed by atoms with Gasteiger partial charge in [0.2, 0.25) is 0 Å². The van der Waals surface area contributed by atoms with Crippen LogP contribution in [-0.2, 0) is 11.3 Å². The predicted molar refractivity (Wildman–Crippen MR) is 75.5 cm³/mol. The van der Waals surface area contributed by atoms with E-state index < -0.39 is 0 Å². The van der Waals surface area contributed by atoms with Crippen LogP contribution in [0.2, 0.25) is 0 Å². The predicted octanol–water partition coefficient (Wildman–Crippen LogP) is 2.79. The molecule has 1 heterocycles. The molecule has 0 amide bonds. The average molecular weight is 276 g/mol. The molecule has 2 aliphatic rings. The lowest BCUT2D eigenvalue weighted by Crippen LogP contribution is -2.50. The van der Waals surface area contributed by atoms with Crippen molar-refractivity contribution in [2.75, 3.05) is 6.61 Å². The molecule has 1 aliphatic heterocycles. The highest BCUT2D eigenvalue weighted by Crippen LogP contribution is 2.42. The standard InChI is InChI=1S/C15H20N2O3/c18-17(19)14-5-2-1-4-12(14)11-16-13-6-9-20-15(10-13)7-3-8-15/h1-2,4-5,13,16H,3,6-11H2. The van der Waals surface area contributed by atoms with E-state index in [4.69, 9.17) is 4.74 Å². The maximum absolute atomic E-state index is 11.0. The number of nitro groups is 1. The Morgan fingerprint density at radius 2 is 2.20 bits per heavy atom. The van der Waals surface area contributed by atoms with Gasteiger partial charge in [-0.1, -0.05) is 18.2 Å². The maximum Gasteiger partial charge on any atom is 0.273 e. The van der Waals surface area contributed by atoms with Crippen LogP contribution in [0, 0.1) is 10.1 Å². The zero-order valence-electron chi connectivity index (χ0n) is 11.5. The molecule has 1 N–H and O–H groups in total. The van der Waals surface area contributed by atoms with E-state index in [1.54, 1.807) is 12.1 Å². The lowest BCUT2D eigenvalue weighted by atomic mass is 9.74. The Labute approximate surface area is 118 Å². The van der Waals surface area contributed by atoms with Crippen LogP contribution in [0.1, 0.15) is 37.7 Å². The number of hydrogen-bond donors (Lipinski definition) is 1. The Hall–Kier alpha value is -1.46. The molecule has 1 aliphatic carbocycles. The fourth-order valence-corrected chi connectivity index (χ4v) is 3.21. The summed E-state index contributed by atoms with van der Waals surface area (Å²) in [5.41, 5.74) is 1.07. The van der Waals surface area contributed by atoms with E-state index in [9.17, 15) is 10.1 Å². The highest BCUT2D eigenvalue weighted by atomic mass is 16.6. The molecule has 5 heteroatoms. The molecule has 2 fully saturated rings. The molecule has 1 spiro atoms. The van der Waals surface area contributed by atoms with E-state index in [2.05, 4.69) is 5.32 Å². The Morgan fingerprint density at radius 3 is 2.90 bits per heavy atom. The molecule has 1 atom stereocenters. The van der Waals surface area contributed by atoms with E-state index >= 15 is 0 Å². The van der Waals surface area contributed by atoms with Crippen LogP contribution in [0.15, 0.2) is 24.3 Å². The van der Waals surface area contributed by atoms with Crippen molar-refractivity contribution in [2.45, 2.75) is 50.3 Å². The number of ether oxygens (including phenoxy) is 1. The lowest BCUT2D eigenvalue weighted by molar-refractivity contribution is -0.385. The number of para-hydroxylation sites is 1. The monoisotopic (exact) mass is 276 g/mol. The number of hydrogen-bond acceptors (Lipinski definition) is 4. The van der Waals surface area contributed by atoms with Gasteiger partial charge in [-0.15, -0.1) is 0 Å². The summed E-state index contributed by atoms with van der Waals surface area (Å²) in [4.78, 5) is 10.7. The normalized spacial score (nSPS) is 24.3. The topological polar surface area (TPSA) is 64.4 Å². The molecule has 1 aromatic rings. The summed E-state index contributed by atoms with van der Waals surface area (Å²) >= 11 is 0. The molecule has 0 bridgehead atoms. The Bertz CT molecular complexity index is 500. The Balaban J connectivity index is 1.60. The highest BCUT2D eigenvalue weighted by molar-refractivity contribution is 5.39. The van der Waals surface area contributed by atoms with Crippen molar-refractivity contribution in [3.05, 3.63) is 39.9 Å². The van der Waals surface area contributed by atoms with Gasteiger partial charge >= 0.3 is 0 Å². The van der Waals surface area contributed by atoms with Crippen LogP contribution >= 0.6 is 0 Å². The van der Waals surface area contributed by atoms with Crippen molar-refractivity contribution >= 4 is 5.69 Å². The van der Waals surface area contributed by atoms with Gasteiger partial charge in [-0.2, -0.15) is 0 Å². The second kappa shape index (κ2) is 5.50. The van der Waals surface area contributed by atoms with Crippen LogP contribution in [0.3, 0.4) is 0 Å². The molecule has 1 aromatic carbocycles. The van der Waals surface area contributed by atoms with E-state index in [-0.39, 0.29) is 16.2 Å². The lowest BCUT2D eigenvalue weighted by Gasteiger charge is -2.47. The van der Waals surface area contributed by atoms with Gasteiger partial charge in [0, 0.05) is 30.8 Å². The number of benzene rings is 1. The number of nitrogens with zero attached hydrogens (tertiary/aromatic N) is 1. The molecule has 108 valence electrons. The SMILES string of the molecule is O=[N+]([O-])c1ccccc1CNC1CCOC2(CCC2)C1. The molecule has 5 nitrogen and oxygen atoms in total. The van der Waals surface area contributed by atoms with Gasteiger partial charge in [0.15, 0.2) is 0 Å². The van der Waals surface area contributed by atoms with E-state index in [0.717, 1.165) is 37.9 Å². The molecule has 1 unspecified atom stereocenters. The van der Waals surface area contributed by atoms with Crippen molar-refractivity contribution < 1.29 is 9.66 Å². The van der Waals surface area contributed by atoms with E-state index in [0.29, 0.717) is 12.6 Å². The van der Waals surface area contributed by atoms with Crippen molar-refractivity contribution in [2.24, 2.45) is 0 Å². The second-order valence-corrected chi connectivity index (χ2v) is 5.84. The van der Waals surface area contributed by atoms with Gasteiger partial charge < -0.3 is 10.1 Å². The summed E-state index contributed by atoms with van der Waals surface area (Å²) in [6.45, 7) is 1.35. The number of nitro benzene ring substituents is 1. The van der Waals surface area contributed by atoms with E-state index in [1.165, 1.54) is 6.42 Å². The smallest absolute Gasteiger partial charge is 0.273 e. The fourth-order valence-electron chi connectivity index (χ4n) is 3.21. The number of rotatable bonds is 4. The van der Waals surface area contributed by atoms with Crippen LogP contribution in [0.25, 0.3) is 0 Å². The van der Waals surface area contributed by atoms with Crippen molar-refractivity contribution in [1.29, 1.82) is 0 Å². The summed E-state index contributed by atoms with van der Waals surface area (Å²) in [7, 11) is 0. The first-order valence-corrected chi connectivity index (χ1v) is 7.28. The van der Waals surface area contributed by atoms with Crippen LogP contribution in [0.5, 0.6) is 0 Å². The first-order chi connectivity index (χ1) is 9.69. The highest BCUT2D eigenvalue weighted by Gasteiger charge is 2.42. The Morgan fingerprint density at radius 1 is 1.40 bits per heavy atom. The molecule has 1 saturated carbocycles. The van der Waals surface area contributed by atoms with Crippen LogP contribution < -0.4 is 5.32 Å². The number of nitrogens with one attached hydrogen (secondary N) is 1. The third kappa shape index (κ3) is 2.69. The first kappa shape index (κ1) is 13.5. The molecular formula is C15H20N2O3. The summed E-state index contributed by atoms with van der Waals surface area (Å²) < 4.78 is 5.90. The van der Waals surface area contributed by atoms with Crippen molar-refractivity contribution in [3.63, 3.8) is 0 Å². The quantitative estimate of drug-likeness (QED) is 0.678. The molecular weight excluding hydrogens is 256 g/mol. The van der Waals surface area contributed by atoms with Crippen LogP contribution in [-0.4, -0.2) is 23.2 Å². The molecule has 0 aromatic heterocycles. The molecule has 1 saturated heterocycles. The minimum absolute atomic E-state index is 0.110. The van der Waals surface area contributed by atoms with Crippen LogP contribution in [0.4, 0.5) is 5.69 Å². The van der Waals surface area contributed by atoms with Crippen molar-refractivity contribution in [3.8, 4) is 0 Å². The minimum Gasteiger partial charge on any atom is -0.375 e. The second-order valence-electron chi connectivity index (χ2n) is 5.84. The third-order valence-electron chi connectivity index (χ3n) is 4.53. The molecule has 3 rings (SSSR count). The molecule has 0 radical (unpaired) electrons. The van der Waals surface area contributed by atoms with Gasteiger partial charge in [-0.05, 0) is 32.1 Å². The van der Waals surface area contributed by atoms with Gasteiger partial charge in [-0.3, -0.25) is 10.1 Å². The average Bonchev–Trinajstić information content (AvgIpc) is 2.44. The zero-order chi connectivity index (χ0) is 14.0. The van der Waals surface area contributed by atoms with E-state index in [1.807, 2.05) is 12.1 Å². The van der Waals surface area contributed by atoms with Gasteiger partial charge in [0.1, 0.15) is 0 Å². The van der Waals surface area contributed by atoms with Gasteiger partial charge in [-0.25, -0.2) is 0 Å². The third-order valence-corrected chi connectivity index (χ3v) is 4.53. The summed E-state index contributed by atoms with van der Waals surface area (Å²) in [6, 6.07) is 7.35. The largest absolute Gasteiger partial charge is 0.375 e. The minimum atomic E-state index is -0.311. The molecule has 20 heavy (non-hydrogen) atoms. The van der Waals surface area contributed by atoms with Gasteiger partial charge in [0.05, 0.1) is 10.5 Å². The first-order valence-electron chi connectivity index (χ1n) is 7.28. The maximum atomic E-state index is 11.0. The fraction of sp³-hybridized carbons (Fsp3) is 0.600.